The molecule has 0 radical (unpaired) electrons. The van der Waals surface area contributed by atoms with Crippen molar-refractivity contribution in [3.05, 3.63) is 0 Å². The molecule has 2 aliphatic rings. The van der Waals surface area contributed by atoms with Gasteiger partial charge in [0.25, 0.3) is 0 Å². The summed E-state index contributed by atoms with van der Waals surface area (Å²) in [5.74, 6) is 0.727. The van der Waals surface area contributed by atoms with Crippen LogP contribution in [0.4, 0.5) is 0 Å². The van der Waals surface area contributed by atoms with Crippen molar-refractivity contribution in [3.63, 3.8) is 0 Å². The summed E-state index contributed by atoms with van der Waals surface area (Å²) >= 11 is 0. The average molecular weight is 218 g/mol. The third-order valence-electron chi connectivity index (χ3n) is 3.22. The fourth-order valence-electron chi connectivity index (χ4n) is 2.26. The lowest BCUT2D eigenvalue weighted by atomic mass is 10.1. The molecule has 82 valence electrons. The zero-order chi connectivity index (χ0) is 10.2. The van der Waals surface area contributed by atoms with Crippen molar-refractivity contribution in [2.24, 2.45) is 5.73 Å². The van der Waals surface area contributed by atoms with Crippen molar-refractivity contribution in [3.8, 4) is 0 Å². The number of nitrogens with two attached hydrogens (primary N) is 1. The summed E-state index contributed by atoms with van der Waals surface area (Å²) in [6.07, 6.45) is 3.20. The Labute approximate surface area is 85.4 Å². The van der Waals surface area contributed by atoms with E-state index in [-0.39, 0.29) is 6.04 Å². The van der Waals surface area contributed by atoms with Crippen molar-refractivity contribution < 1.29 is 8.42 Å². The lowest BCUT2D eigenvalue weighted by Crippen LogP contribution is -2.53. The molecule has 0 amide bonds. The number of likely N-dealkylation sites (tertiary alicyclic amines) is 1. The van der Waals surface area contributed by atoms with Crippen LogP contribution < -0.4 is 5.73 Å². The first-order chi connectivity index (χ1) is 6.57. The molecule has 4 nitrogen and oxygen atoms in total. The second-order valence-corrected chi connectivity index (χ2v) is 6.61. The van der Waals surface area contributed by atoms with E-state index in [1.165, 1.54) is 0 Å². The average Bonchev–Trinajstić information content (AvgIpc) is 2.25. The maximum absolute atomic E-state index is 11.0. The summed E-state index contributed by atoms with van der Waals surface area (Å²) in [5.41, 5.74) is 5.86. The standard InChI is InChI=1S/C9H18N2O2S/c10-8-2-1-4-11(5-3-8)9-6-14(12,13)7-9/h8-9H,1-7,10H2. The molecule has 5 heteroatoms. The molecular formula is C9H18N2O2S. The lowest BCUT2D eigenvalue weighted by Gasteiger charge is -2.36. The molecule has 1 unspecified atom stereocenters. The normalized spacial score (nSPS) is 34.8. The molecule has 2 N–H and O–H groups in total. The molecule has 2 aliphatic heterocycles. The summed E-state index contributed by atoms with van der Waals surface area (Å²) in [6, 6.07) is 0.599. The van der Waals surface area contributed by atoms with Gasteiger partial charge in [0.2, 0.25) is 0 Å². The van der Waals surface area contributed by atoms with E-state index in [0.717, 1.165) is 32.4 Å². The Bertz CT molecular complexity index is 290. The second-order valence-electron chi connectivity index (χ2n) is 4.46. The number of rotatable bonds is 1. The summed E-state index contributed by atoms with van der Waals surface area (Å²) in [6.45, 7) is 2.00. The smallest absolute Gasteiger partial charge is 0.153 e. The molecular weight excluding hydrogens is 200 g/mol. The molecule has 1 atom stereocenters. The van der Waals surface area contributed by atoms with E-state index >= 15 is 0 Å². The first-order valence-electron chi connectivity index (χ1n) is 5.27. The Morgan fingerprint density at radius 3 is 2.50 bits per heavy atom. The maximum atomic E-state index is 11.0. The summed E-state index contributed by atoms with van der Waals surface area (Å²) in [7, 11) is -2.68. The van der Waals surface area contributed by atoms with Crippen LogP contribution in [0, 0.1) is 0 Å². The van der Waals surface area contributed by atoms with E-state index in [0.29, 0.717) is 17.5 Å². The fourth-order valence-corrected chi connectivity index (χ4v) is 3.75. The highest BCUT2D eigenvalue weighted by Gasteiger charge is 2.37. The molecule has 0 saturated carbocycles. The molecule has 0 aliphatic carbocycles. The van der Waals surface area contributed by atoms with Crippen molar-refractivity contribution in [1.82, 2.24) is 4.90 Å². The van der Waals surface area contributed by atoms with Gasteiger partial charge >= 0.3 is 0 Å². The van der Waals surface area contributed by atoms with Gasteiger partial charge in [-0.1, -0.05) is 0 Å². The first-order valence-corrected chi connectivity index (χ1v) is 7.09. The molecule has 2 heterocycles. The van der Waals surface area contributed by atoms with Gasteiger partial charge in [-0.25, -0.2) is 8.42 Å². The van der Waals surface area contributed by atoms with E-state index < -0.39 is 9.84 Å². The summed E-state index contributed by atoms with van der Waals surface area (Å²) < 4.78 is 22.1. The van der Waals surface area contributed by atoms with E-state index in [1.807, 2.05) is 0 Å². The third kappa shape index (κ3) is 2.27. The van der Waals surface area contributed by atoms with E-state index in [2.05, 4.69) is 4.90 Å². The van der Waals surface area contributed by atoms with Crippen LogP contribution in [-0.2, 0) is 9.84 Å². The molecule has 2 fully saturated rings. The predicted octanol–water partition coefficient (Wildman–Crippen LogP) is -0.403. The van der Waals surface area contributed by atoms with Gasteiger partial charge in [-0.15, -0.1) is 0 Å². The van der Waals surface area contributed by atoms with Crippen molar-refractivity contribution in [2.75, 3.05) is 24.6 Å². The van der Waals surface area contributed by atoms with Crippen molar-refractivity contribution in [1.29, 1.82) is 0 Å². The molecule has 2 saturated heterocycles. The SMILES string of the molecule is NC1CCCN(C2CS(=O)(=O)C2)CC1. The second kappa shape index (κ2) is 3.79. The van der Waals surface area contributed by atoms with Gasteiger partial charge in [-0.05, 0) is 32.4 Å². The van der Waals surface area contributed by atoms with Gasteiger partial charge in [0.05, 0.1) is 11.5 Å². The summed E-state index contributed by atoms with van der Waals surface area (Å²) in [4.78, 5) is 2.30. The first kappa shape index (κ1) is 10.4. The molecule has 0 spiro atoms. The van der Waals surface area contributed by atoms with Crippen molar-refractivity contribution >= 4 is 9.84 Å². The Balaban J connectivity index is 1.87. The monoisotopic (exact) mass is 218 g/mol. The van der Waals surface area contributed by atoms with Crippen molar-refractivity contribution in [2.45, 2.75) is 31.3 Å². The van der Waals surface area contributed by atoms with Crippen LogP contribution in [0.25, 0.3) is 0 Å². The minimum Gasteiger partial charge on any atom is -0.328 e. The Kier molecular flexibility index (Phi) is 2.81. The van der Waals surface area contributed by atoms with E-state index in [4.69, 9.17) is 5.73 Å². The largest absolute Gasteiger partial charge is 0.328 e. The van der Waals surface area contributed by atoms with Crippen LogP contribution in [0.5, 0.6) is 0 Å². The molecule has 0 aromatic heterocycles. The quantitative estimate of drug-likeness (QED) is 0.650. The van der Waals surface area contributed by atoms with Gasteiger partial charge in [0.15, 0.2) is 9.84 Å². The number of sulfone groups is 1. The summed E-state index contributed by atoms with van der Waals surface area (Å²) in [5, 5.41) is 0. The minimum absolute atomic E-state index is 0.283. The predicted molar refractivity (Wildman–Crippen MR) is 55.8 cm³/mol. The highest BCUT2D eigenvalue weighted by molar-refractivity contribution is 7.92. The fraction of sp³-hybridized carbons (Fsp3) is 1.00. The van der Waals surface area contributed by atoms with Gasteiger partial charge in [0, 0.05) is 12.1 Å². The Morgan fingerprint density at radius 2 is 1.86 bits per heavy atom. The number of hydrogen-bond acceptors (Lipinski definition) is 4. The van der Waals surface area contributed by atoms with Crippen LogP contribution in [0.2, 0.25) is 0 Å². The third-order valence-corrected chi connectivity index (χ3v) is 5.00. The van der Waals surface area contributed by atoms with E-state index in [9.17, 15) is 8.42 Å². The molecule has 2 rings (SSSR count). The van der Waals surface area contributed by atoms with Crippen LogP contribution >= 0.6 is 0 Å². The Morgan fingerprint density at radius 1 is 1.14 bits per heavy atom. The lowest BCUT2D eigenvalue weighted by molar-refractivity contribution is 0.221. The maximum Gasteiger partial charge on any atom is 0.153 e. The molecule has 14 heavy (non-hydrogen) atoms. The highest BCUT2D eigenvalue weighted by Crippen LogP contribution is 2.20. The van der Waals surface area contributed by atoms with E-state index in [1.54, 1.807) is 0 Å². The molecule has 0 bridgehead atoms. The Hall–Kier alpha value is -0.130. The molecule has 0 aromatic rings. The zero-order valence-electron chi connectivity index (χ0n) is 8.35. The van der Waals surface area contributed by atoms with Crippen LogP contribution in [0.3, 0.4) is 0 Å². The molecule has 0 aromatic carbocycles. The van der Waals surface area contributed by atoms with Gasteiger partial charge < -0.3 is 5.73 Å². The zero-order valence-corrected chi connectivity index (χ0v) is 9.17. The van der Waals surface area contributed by atoms with Gasteiger partial charge in [-0.2, -0.15) is 0 Å². The van der Waals surface area contributed by atoms with Crippen LogP contribution in [0.15, 0.2) is 0 Å². The van der Waals surface area contributed by atoms with Gasteiger partial charge in [-0.3, -0.25) is 4.90 Å². The van der Waals surface area contributed by atoms with Crippen LogP contribution in [0.1, 0.15) is 19.3 Å². The highest BCUT2D eigenvalue weighted by atomic mass is 32.2. The van der Waals surface area contributed by atoms with Crippen LogP contribution in [-0.4, -0.2) is 50.0 Å². The topological polar surface area (TPSA) is 63.4 Å². The number of hydrogen-bond donors (Lipinski definition) is 1. The number of nitrogens with zero attached hydrogens (tertiary/aromatic N) is 1. The minimum atomic E-state index is -2.68. The van der Waals surface area contributed by atoms with Gasteiger partial charge in [0.1, 0.15) is 0 Å².